The average molecular weight is 497 g/mol. The molecule has 8 nitrogen and oxygen atoms in total. The molecule has 0 spiro atoms. The second-order valence-electron chi connectivity index (χ2n) is 8.16. The van der Waals surface area contributed by atoms with Gasteiger partial charge in [0, 0.05) is 37.6 Å². The number of amides is 1. The van der Waals surface area contributed by atoms with Crippen LogP contribution in [0.15, 0.2) is 36.4 Å². The molecule has 0 aliphatic carbocycles. The van der Waals surface area contributed by atoms with Crippen molar-refractivity contribution >= 4 is 29.0 Å². The van der Waals surface area contributed by atoms with Crippen LogP contribution in [-0.2, 0) is 11.0 Å². The second-order valence-corrected chi connectivity index (χ2v) is 8.60. The molecule has 182 valence electrons. The fraction of sp³-hybridized carbons (Fsp3) is 0.455. The minimum Gasteiger partial charge on any atom is -0.493 e. The molecule has 0 radical (unpaired) electrons. The number of piperidine rings is 1. The molecule has 34 heavy (non-hydrogen) atoms. The van der Waals surface area contributed by atoms with Crippen molar-refractivity contribution in [2.75, 3.05) is 38.2 Å². The molecule has 3 aromatic rings. The molecule has 12 heteroatoms. The molecule has 0 bridgehead atoms. The molecule has 0 unspecified atom stereocenters. The van der Waals surface area contributed by atoms with Crippen LogP contribution in [-0.4, -0.2) is 63.9 Å². The lowest BCUT2D eigenvalue weighted by molar-refractivity contribution is -0.146. The fourth-order valence-corrected chi connectivity index (χ4v) is 4.13. The highest BCUT2D eigenvalue weighted by Crippen LogP contribution is 2.29. The minimum absolute atomic E-state index is 0.0297. The van der Waals surface area contributed by atoms with Crippen molar-refractivity contribution in [1.82, 2.24) is 24.7 Å². The predicted octanol–water partition coefficient (Wildman–Crippen LogP) is 3.94. The number of alkyl halides is 3. The SMILES string of the molecule is CN(CCCOc1cccc(Cl)c1)C(=O)C1CCN(c2ccc3nnc(C(F)(F)F)n3n2)CC1. The molecule has 3 heterocycles. The number of anilines is 1. The van der Waals surface area contributed by atoms with Gasteiger partial charge in [-0.15, -0.1) is 15.3 Å². The minimum atomic E-state index is -4.64. The van der Waals surface area contributed by atoms with E-state index in [4.69, 9.17) is 16.3 Å². The largest absolute Gasteiger partial charge is 0.493 e. The van der Waals surface area contributed by atoms with Crippen LogP contribution in [0.5, 0.6) is 5.75 Å². The summed E-state index contributed by atoms with van der Waals surface area (Å²) in [5.74, 6) is -0.150. The van der Waals surface area contributed by atoms with Gasteiger partial charge in [0.2, 0.25) is 5.91 Å². The predicted molar refractivity (Wildman–Crippen MR) is 120 cm³/mol. The van der Waals surface area contributed by atoms with Crippen LogP contribution in [0, 0.1) is 5.92 Å². The molecule has 1 aliphatic rings. The van der Waals surface area contributed by atoms with E-state index < -0.39 is 12.0 Å². The number of hydrogen-bond donors (Lipinski definition) is 0. The Hall–Kier alpha value is -3.08. The summed E-state index contributed by atoms with van der Waals surface area (Å²) in [6.45, 7) is 2.06. The van der Waals surface area contributed by atoms with Crippen molar-refractivity contribution in [3.05, 3.63) is 47.2 Å². The molecular weight excluding hydrogens is 473 g/mol. The van der Waals surface area contributed by atoms with Crippen molar-refractivity contribution < 1.29 is 22.7 Å². The van der Waals surface area contributed by atoms with Crippen LogP contribution < -0.4 is 9.64 Å². The highest BCUT2D eigenvalue weighted by atomic mass is 35.5. The number of fused-ring (bicyclic) bond motifs is 1. The third-order valence-electron chi connectivity index (χ3n) is 5.75. The average Bonchev–Trinajstić information content (AvgIpc) is 3.25. The first-order chi connectivity index (χ1) is 16.2. The summed E-state index contributed by atoms with van der Waals surface area (Å²) in [5.41, 5.74) is 0.0297. The number of rotatable bonds is 7. The van der Waals surface area contributed by atoms with Gasteiger partial charge < -0.3 is 14.5 Å². The molecule has 1 aliphatic heterocycles. The third-order valence-corrected chi connectivity index (χ3v) is 5.98. The van der Waals surface area contributed by atoms with Crippen LogP contribution in [0.4, 0.5) is 19.0 Å². The Labute approximate surface area is 199 Å². The number of hydrogen-bond acceptors (Lipinski definition) is 6. The number of aromatic nitrogens is 4. The van der Waals surface area contributed by atoms with Crippen molar-refractivity contribution in [2.45, 2.75) is 25.4 Å². The number of ether oxygens (including phenoxy) is 1. The zero-order chi connectivity index (χ0) is 24.3. The van der Waals surface area contributed by atoms with Crippen molar-refractivity contribution in [1.29, 1.82) is 0 Å². The van der Waals surface area contributed by atoms with Crippen LogP contribution in [0.2, 0.25) is 5.02 Å². The first-order valence-electron chi connectivity index (χ1n) is 10.9. The summed E-state index contributed by atoms with van der Waals surface area (Å²) in [7, 11) is 1.77. The Bertz CT molecular complexity index is 1150. The van der Waals surface area contributed by atoms with Crippen LogP contribution in [0.3, 0.4) is 0 Å². The van der Waals surface area contributed by atoms with E-state index in [9.17, 15) is 18.0 Å². The van der Waals surface area contributed by atoms with E-state index in [0.29, 0.717) is 66.6 Å². The molecule has 0 atom stereocenters. The molecule has 1 aromatic carbocycles. The molecule has 0 saturated carbocycles. The Morgan fingerprint density at radius 1 is 1.21 bits per heavy atom. The Morgan fingerprint density at radius 2 is 1.97 bits per heavy atom. The van der Waals surface area contributed by atoms with Crippen molar-refractivity contribution in [2.24, 2.45) is 5.92 Å². The first-order valence-corrected chi connectivity index (χ1v) is 11.3. The maximum absolute atomic E-state index is 13.1. The smallest absolute Gasteiger partial charge is 0.453 e. The molecule has 4 rings (SSSR count). The number of carbonyl (C=O) groups is 1. The van der Waals surface area contributed by atoms with Gasteiger partial charge in [-0.1, -0.05) is 17.7 Å². The van der Waals surface area contributed by atoms with Gasteiger partial charge in [0.25, 0.3) is 5.82 Å². The Balaban J connectivity index is 1.27. The van der Waals surface area contributed by atoms with Gasteiger partial charge >= 0.3 is 6.18 Å². The molecule has 1 saturated heterocycles. The summed E-state index contributed by atoms with van der Waals surface area (Å²) in [6, 6.07) is 10.2. The molecule has 2 aromatic heterocycles. The van der Waals surface area contributed by atoms with E-state index in [0.717, 1.165) is 0 Å². The summed E-state index contributed by atoms with van der Waals surface area (Å²) < 4.78 is 45.7. The molecular formula is C22H24ClF3N6O2. The highest BCUT2D eigenvalue weighted by Gasteiger charge is 2.38. The first kappa shape index (κ1) is 24.1. The van der Waals surface area contributed by atoms with Crippen LogP contribution >= 0.6 is 11.6 Å². The lowest BCUT2D eigenvalue weighted by Gasteiger charge is -2.33. The highest BCUT2D eigenvalue weighted by molar-refractivity contribution is 6.30. The van der Waals surface area contributed by atoms with E-state index in [1.54, 1.807) is 30.1 Å². The van der Waals surface area contributed by atoms with Crippen LogP contribution in [0.25, 0.3) is 5.65 Å². The van der Waals surface area contributed by atoms with Gasteiger partial charge in [-0.05, 0) is 49.6 Å². The van der Waals surface area contributed by atoms with E-state index >= 15 is 0 Å². The summed E-state index contributed by atoms with van der Waals surface area (Å²) >= 11 is 5.94. The normalized spacial score (nSPS) is 15.0. The molecule has 1 fully saturated rings. The summed E-state index contributed by atoms with van der Waals surface area (Å²) in [4.78, 5) is 16.4. The van der Waals surface area contributed by atoms with Crippen molar-refractivity contribution in [3.63, 3.8) is 0 Å². The standard InChI is InChI=1S/C22H24ClF3N6O2/c1-30(10-3-13-34-17-5-2-4-16(23)14-17)20(33)15-8-11-31(12-9-15)19-7-6-18-27-28-21(22(24,25)26)32(18)29-19/h2,4-7,14-15H,3,8-13H2,1H3. The van der Waals surface area contributed by atoms with Gasteiger partial charge in [0.05, 0.1) is 6.61 Å². The number of carbonyl (C=O) groups excluding carboxylic acids is 1. The maximum atomic E-state index is 13.1. The van der Waals surface area contributed by atoms with E-state index in [1.165, 1.54) is 6.07 Å². The van der Waals surface area contributed by atoms with Gasteiger partial charge in [-0.3, -0.25) is 4.79 Å². The second kappa shape index (κ2) is 10.0. The van der Waals surface area contributed by atoms with Crippen molar-refractivity contribution in [3.8, 4) is 5.75 Å². The number of halogens is 4. The molecule has 1 amide bonds. The number of benzene rings is 1. The van der Waals surface area contributed by atoms with Gasteiger partial charge in [0.15, 0.2) is 5.65 Å². The zero-order valence-electron chi connectivity index (χ0n) is 18.5. The Kier molecular flexibility index (Phi) is 7.11. The maximum Gasteiger partial charge on any atom is 0.453 e. The fourth-order valence-electron chi connectivity index (χ4n) is 3.95. The van der Waals surface area contributed by atoms with Gasteiger partial charge in [0.1, 0.15) is 11.6 Å². The topological polar surface area (TPSA) is 75.9 Å². The zero-order valence-corrected chi connectivity index (χ0v) is 19.3. The quantitative estimate of drug-likeness (QED) is 0.461. The lowest BCUT2D eigenvalue weighted by atomic mass is 9.95. The van der Waals surface area contributed by atoms with E-state index in [1.807, 2.05) is 17.0 Å². The van der Waals surface area contributed by atoms with Gasteiger partial charge in [-0.25, -0.2) is 0 Å². The van der Waals surface area contributed by atoms with E-state index in [-0.39, 0.29) is 17.5 Å². The molecule has 0 N–H and O–H groups in total. The van der Waals surface area contributed by atoms with Gasteiger partial charge in [-0.2, -0.15) is 17.7 Å². The number of nitrogens with zero attached hydrogens (tertiary/aromatic N) is 6. The van der Waals surface area contributed by atoms with Crippen LogP contribution in [0.1, 0.15) is 25.1 Å². The van der Waals surface area contributed by atoms with E-state index in [2.05, 4.69) is 15.3 Å². The monoisotopic (exact) mass is 496 g/mol. The third kappa shape index (κ3) is 5.52. The summed E-state index contributed by atoms with van der Waals surface area (Å²) in [6.07, 6.45) is -2.78. The summed E-state index contributed by atoms with van der Waals surface area (Å²) in [5, 5.41) is 11.4. The lowest BCUT2D eigenvalue weighted by Crippen LogP contribution is -2.42. The Morgan fingerprint density at radius 3 is 2.68 bits per heavy atom.